The van der Waals surface area contributed by atoms with Gasteiger partial charge in [0.15, 0.2) is 0 Å². The molecule has 0 spiro atoms. The highest BCUT2D eigenvalue weighted by Crippen LogP contribution is 2.50. The van der Waals surface area contributed by atoms with E-state index in [4.69, 9.17) is 0 Å². The number of rotatable bonds is 6. The quantitative estimate of drug-likeness (QED) is 0.495. The summed E-state index contributed by atoms with van der Waals surface area (Å²) in [5.74, 6) is 0.480. The maximum atomic E-state index is 11.0. The van der Waals surface area contributed by atoms with E-state index in [2.05, 4.69) is 85.2 Å². The molecule has 0 saturated heterocycles. The highest BCUT2D eigenvalue weighted by molar-refractivity contribution is 7.55. The van der Waals surface area contributed by atoms with Crippen LogP contribution in [0.15, 0.2) is 30.3 Å². The molecule has 2 atom stereocenters. The second-order valence-corrected chi connectivity index (χ2v) is 13.9. The highest BCUT2D eigenvalue weighted by Gasteiger charge is 2.31. The van der Waals surface area contributed by atoms with Gasteiger partial charge in [0.05, 0.1) is 0 Å². The molecule has 0 aliphatic rings. The van der Waals surface area contributed by atoms with E-state index in [-0.39, 0.29) is 18.5 Å². The Labute approximate surface area is 175 Å². The van der Waals surface area contributed by atoms with Crippen molar-refractivity contribution in [1.29, 1.82) is 0 Å². The smallest absolute Gasteiger partial charge is 0.122 e. The first kappa shape index (κ1) is 23.4. The van der Waals surface area contributed by atoms with Gasteiger partial charge in [-0.3, -0.25) is 0 Å². The molecule has 3 heteroatoms. The minimum absolute atomic E-state index is 0.0177. The predicted molar refractivity (Wildman–Crippen MR) is 131 cm³/mol. The van der Waals surface area contributed by atoms with Crippen LogP contribution in [-0.4, -0.2) is 18.4 Å². The molecule has 28 heavy (non-hydrogen) atoms. The van der Waals surface area contributed by atoms with Crippen LogP contribution in [-0.2, 0) is 16.7 Å². The van der Waals surface area contributed by atoms with E-state index < -0.39 is 0 Å². The molecule has 1 N–H and O–H groups in total. The van der Waals surface area contributed by atoms with Crippen molar-refractivity contribution in [3.05, 3.63) is 58.1 Å². The molecule has 1 nitrogen and oxygen atoms in total. The third-order valence-corrected chi connectivity index (χ3v) is 8.83. The zero-order valence-electron chi connectivity index (χ0n) is 19.2. The summed E-state index contributed by atoms with van der Waals surface area (Å²) in [5, 5.41) is 12.5. The lowest BCUT2D eigenvalue weighted by atomic mass is 9.82. The number of aromatic hydroxyl groups is 1. The van der Waals surface area contributed by atoms with Gasteiger partial charge in [-0.2, -0.15) is 0 Å². The summed E-state index contributed by atoms with van der Waals surface area (Å²) < 4.78 is 0. The van der Waals surface area contributed by atoms with Gasteiger partial charge in [0.25, 0.3) is 0 Å². The van der Waals surface area contributed by atoms with Crippen molar-refractivity contribution in [2.45, 2.75) is 71.6 Å². The first-order valence-electron chi connectivity index (χ1n) is 10.2. The lowest BCUT2D eigenvalue weighted by molar-refractivity contribution is 0.450. The molecule has 0 aliphatic heterocycles. The van der Waals surface area contributed by atoms with Crippen molar-refractivity contribution in [1.82, 2.24) is 0 Å². The molecule has 0 aromatic heterocycles. The molecule has 2 rings (SSSR count). The van der Waals surface area contributed by atoms with E-state index in [1.807, 2.05) is 6.92 Å². The topological polar surface area (TPSA) is 20.2 Å². The Balaban J connectivity index is 2.61. The highest BCUT2D eigenvalue weighted by atomic mass is 31.1. The number of hydrogen-bond donors (Lipinski definition) is 1. The molecule has 0 aliphatic carbocycles. The molecule has 154 valence electrons. The van der Waals surface area contributed by atoms with Gasteiger partial charge in [-0.15, -0.1) is 7.92 Å². The molecule has 0 bridgehead atoms. The zero-order valence-corrected chi connectivity index (χ0v) is 21.1. The van der Waals surface area contributed by atoms with Crippen molar-refractivity contribution in [3.63, 3.8) is 0 Å². The third-order valence-electron chi connectivity index (χ3n) is 5.71. The third kappa shape index (κ3) is 5.17. The van der Waals surface area contributed by atoms with Crippen LogP contribution in [0.4, 0.5) is 0 Å². The average Bonchev–Trinajstić information content (AvgIpc) is 2.58. The molecular formula is C25H38OP2. The van der Waals surface area contributed by atoms with Crippen molar-refractivity contribution < 1.29 is 5.11 Å². The Kier molecular flexibility index (Phi) is 7.39. The van der Waals surface area contributed by atoms with Crippen LogP contribution in [0.1, 0.15) is 68.9 Å². The van der Waals surface area contributed by atoms with Gasteiger partial charge in [0.1, 0.15) is 5.75 Å². The van der Waals surface area contributed by atoms with E-state index >= 15 is 0 Å². The standard InChI is InChI=1S/C25H38OP2/c1-10-25(7,21-15-20(24(4,5)6)14-18(3)22(21)26)27-23-17(2)12-11-13-19(23)16-28(8)9/h11-15,26-27H,10,16H2,1-9H3. The Morgan fingerprint density at radius 1 is 1.00 bits per heavy atom. The van der Waals surface area contributed by atoms with Gasteiger partial charge in [0, 0.05) is 10.7 Å². The normalized spacial score (nSPS) is 14.8. The SMILES string of the molecule is CCC(C)(Pc1c(C)cccc1CP(C)C)c1cc(C(C)(C)C)cc(C)c1O. The fourth-order valence-electron chi connectivity index (χ4n) is 3.64. The molecule has 2 unspecified atom stereocenters. The molecular weight excluding hydrogens is 378 g/mol. The molecule has 0 radical (unpaired) electrons. The fraction of sp³-hybridized carbons (Fsp3) is 0.520. The Morgan fingerprint density at radius 2 is 1.64 bits per heavy atom. The van der Waals surface area contributed by atoms with Crippen LogP contribution in [0.2, 0.25) is 0 Å². The van der Waals surface area contributed by atoms with Crippen LogP contribution in [0, 0.1) is 13.8 Å². The molecule has 0 fully saturated rings. The van der Waals surface area contributed by atoms with Crippen molar-refractivity contribution in [2.24, 2.45) is 0 Å². The first-order chi connectivity index (χ1) is 12.9. The molecule has 0 saturated carbocycles. The number of aryl methyl sites for hydroxylation is 2. The number of phenolic OH excluding ortho intramolecular Hbond substituents is 1. The van der Waals surface area contributed by atoms with Crippen LogP contribution >= 0.6 is 16.5 Å². The summed E-state index contributed by atoms with van der Waals surface area (Å²) in [5.41, 5.74) is 6.36. The second-order valence-electron chi connectivity index (χ2n) is 9.60. The minimum Gasteiger partial charge on any atom is -0.507 e. The summed E-state index contributed by atoms with van der Waals surface area (Å²) in [6.45, 7) is 20.3. The summed E-state index contributed by atoms with van der Waals surface area (Å²) in [6.07, 6.45) is 2.18. The lowest BCUT2D eigenvalue weighted by Gasteiger charge is -2.34. The van der Waals surface area contributed by atoms with E-state index in [1.54, 1.807) is 0 Å². The van der Waals surface area contributed by atoms with Crippen LogP contribution in [0.25, 0.3) is 0 Å². The molecule has 0 amide bonds. The van der Waals surface area contributed by atoms with E-state index in [1.165, 1.54) is 28.2 Å². The summed E-state index contributed by atoms with van der Waals surface area (Å²) in [6, 6.07) is 11.2. The number of benzene rings is 2. The summed E-state index contributed by atoms with van der Waals surface area (Å²) in [4.78, 5) is 0. The van der Waals surface area contributed by atoms with Gasteiger partial charge in [-0.1, -0.05) is 73.5 Å². The maximum Gasteiger partial charge on any atom is 0.122 e. The second kappa shape index (κ2) is 8.85. The van der Waals surface area contributed by atoms with Crippen molar-refractivity contribution in [2.75, 3.05) is 13.3 Å². The Morgan fingerprint density at radius 3 is 2.18 bits per heavy atom. The monoisotopic (exact) mass is 416 g/mol. The lowest BCUT2D eigenvalue weighted by Crippen LogP contribution is -2.23. The number of phenols is 1. The van der Waals surface area contributed by atoms with Gasteiger partial charge >= 0.3 is 0 Å². The van der Waals surface area contributed by atoms with Gasteiger partial charge in [-0.05, 0) is 72.7 Å². The van der Waals surface area contributed by atoms with Gasteiger partial charge < -0.3 is 5.11 Å². The Hall–Kier alpha value is -0.900. The first-order valence-corrected chi connectivity index (χ1v) is 13.7. The van der Waals surface area contributed by atoms with Gasteiger partial charge in [-0.25, -0.2) is 0 Å². The maximum absolute atomic E-state index is 11.0. The average molecular weight is 417 g/mol. The molecule has 0 heterocycles. The van der Waals surface area contributed by atoms with E-state index in [9.17, 15) is 5.11 Å². The van der Waals surface area contributed by atoms with E-state index in [0.29, 0.717) is 14.3 Å². The largest absolute Gasteiger partial charge is 0.507 e. The van der Waals surface area contributed by atoms with Crippen LogP contribution in [0.3, 0.4) is 0 Å². The summed E-state index contributed by atoms with van der Waals surface area (Å²) >= 11 is 0. The number of hydrogen-bond acceptors (Lipinski definition) is 1. The predicted octanol–water partition coefficient (Wildman–Crippen LogP) is 7.18. The fourth-order valence-corrected chi connectivity index (χ4v) is 6.40. The van der Waals surface area contributed by atoms with Crippen molar-refractivity contribution >= 4 is 21.8 Å². The zero-order chi connectivity index (χ0) is 21.3. The van der Waals surface area contributed by atoms with E-state index in [0.717, 1.165) is 17.5 Å². The minimum atomic E-state index is -0.0682. The summed E-state index contributed by atoms with van der Waals surface area (Å²) in [7, 11) is 0.664. The molecule has 2 aromatic carbocycles. The van der Waals surface area contributed by atoms with Gasteiger partial charge in [0.2, 0.25) is 0 Å². The molecule has 2 aromatic rings. The van der Waals surface area contributed by atoms with Crippen LogP contribution in [0.5, 0.6) is 5.75 Å². The van der Waals surface area contributed by atoms with Crippen molar-refractivity contribution in [3.8, 4) is 5.75 Å². The Bertz CT molecular complexity index is 833. The van der Waals surface area contributed by atoms with Crippen LogP contribution < -0.4 is 5.30 Å².